The van der Waals surface area contributed by atoms with Gasteiger partial charge in [-0.2, -0.15) is 0 Å². The Morgan fingerprint density at radius 1 is 1.21 bits per heavy atom. The lowest BCUT2D eigenvalue weighted by Crippen LogP contribution is -2.44. The minimum Gasteiger partial charge on any atom is -0.392 e. The highest BCUT2D eigenvalue weighted by Gasteiger charge is 2.21. The van der Waals surface area contributed by atoms with Gasteiger partial charge in [0, 0.05) is 31.7 Å². The Morgan fingerprint density at radius 3 is 2.67 bits per heavy atom. The van der Waals surface area contributed by atoms with E-state index in [1.807, 2.05) is 34.1 Å². The van der Waals surface area contributed by atoms with Crippen LogP contribution in [-0.4, -0.2) is 54.1 Å². The Hall–Kier alpha value is -1.92. The first-order valence-electron chi connectivity index (χ1n) is 8.68. The molecule has 2 fully saturated rings. The standard InChI is InChI=1S/C18H25N3O3/c22-16-3-1-9-20(12-16)13-17(23)19-11-14-5-7-15(8-6-14)21-10-2-4-18(21)24/h5-8,16,22H,1-4,9-13H2,(H,19,23). The second-order valence-corrected chi connectivity index (χ2v) is 6.62. The average Bonchev–Trinajstić information content (AvgIpc) is 2.99. The molecule has 24 heavy (non-hydrogen) atoms. The van der Waals surface area contributed by atoms with Crippen molar-refractivity contribution in [1.82, 2.24) is 10.2 Å². The van der Waals surface area contributed by atoms with Gasteiger partial charge in [-0.3, -0.25) is 14.5 Å². The molecule has 2 aliphatic heterocycles. The van der Waals surface area contributed by atoms with Gasteiger partial charge in [-0.15, -0.1) is 0 Å². The number of anilines is 1. The highest BCUT2D eigenvalue weighted by Crippen LogP contribution is 2.21. The summed E-state index contributed by atoms with van der Waals surface area (Å²) in [6.07, 6.45) is 2.99. The first-order chi connectivity index (χ1) is 11.6. The summed E-state index contributed by atoms with van der Waals surface area (Å²) in [5.74, 6) is 0.155. The molecular formula is C18H25N3O3. The van der Waals surface area contributed by atoms with Crippen LogP contribution in [0.3, 0.4) is 0 Å². The Kier molecular flexibility index (Phi) is 5.48. The van der Waals surface area contributed by atoms with Crippen LogP contribution in [0.5, 0.6) is 0 Å². The van der Waals surface area contributed by atoms with Crippen molar-refractivity contribution >= 4 is 17.5 Å². The van der Waals surface area contributed by atoms with Crippen molar-refractivity contribution in [2.75, 3.05) is 31.1 Å². The number of nitrogens with zero attached hydrogens (tertiary/aromatic N) is 2. The van der Waals surface area contributed by atoms with E-state index in [1.165, 1.54) is 0 Å². The summed E-state index contributed by atoms with van der Waals surface area (Å²) in [5, 5.41) is 12.5. The van der Waals surface area contributed by atoms with E-state index in [1.54, 1.807) is 0 Å². The van der Waals surface area contributed by atoms with Crippen LogP contribution in [0.2, 0.25) is 0 Å². The zero-order valence-electron chi connectivity index (χ0n) is 13.9. The topological polar surface area (TPSA) is 72.9 Å². The van der Waals surface area contributed by atoms with Crippen LogP contribution < -0.4 is 10.2 Å². The molecule has 0 saturated carbocycles. The summed E-state index contributed by atoms with van der Waals surface area (Å²) in [5.41, 5.74) is 1.94. The number of nitrogens with one attached hydrogen (secondary N) is 1. The van der Waals surface area contributed by atoms with Gasteiger partial charge in [-0.1, -0.05) is 12.1 Å². The molecule has 2 amide bonds. The predicted octanol–water partition coefficient (Wildman–Crippen LogP) is 0.886. The summed E-state index contributed by atoms with van der Waals surface area (Å²) in [6.45, 7) is 3.03. The number of carbonyl (C=O) groups is 2. The fourth-order valence-corrected chi connectivity index (χ4v) is 3.35. The summed E-state index contributed by atoms with van der Waals surface area (Å²) >= 11 is 0. The van der Waals surface area contributed by atoms with Crippen molar-refractivity contribution in [2.24, 2.45) is 0 Å². The maximum Gasteiger partial charge on any atom is 0.234 e. The van der Waals surface area contributed by atoms with E-state index in [0.29, 0.717) is 26.1 Å². The second kappa shape index (κ2) is 7.77. The molecule has 2 N–H and O–H groups in total. The molecule has 6 heteroatoms. The van der Waals surface area contributed by atoms with Gasteiger partial charge >= 0.3 is 0 Å². The Morgan fingerprint density at radius 2 is 2.00 bits per heavy atom. The van der Waals surface area contributed by atoms with E-state index in [4.69, 9.17) is 0 Å². The predicted molar refractivity (Wildman–Crippen MR) is 91.6 cm³/mol. The molecular weight excluding hydrogens is 306 g/mol. The van der Waals surface area contributed by atoms with Crippen molar-refractivity contribution in [3.63, 3.8) is 0 Å². The third kappa shape index (κ3) is 4.33. The lowest BCUT2D eigenvalue weighted by atomic mass is 10.1. The second-order valence-electron chi connectivity index (χ2n) is 6.62. The lowest BCUT2D eigenvalue weighted by Gasteiger charge is -2.29. The molecule has 0 bridgehead atoms. The third-order valence-corrected chi connectivity index (χ3v) is 4.66. The van der Waals surface area contributed by atoms with Gasteiger partial charge in [0.2, 0.25) is 11.8 Å². The van der Waals surface area contributed by atoms with Crippen LogP contribution in [-0.2, 0) is 16.1 Å². The number of carbonyl (C=O) groups excluding carboxylic acids is 2. The Labute approximate surface area is 142 Å². The molecule has 2 aliphatic rings. The molecule has 3 rings (SSSR count). The first kappa shape index (κ1) is 16.9. The fourth-order valence-electron chi connectivity index (χ4n) is 3.35. The molecule has 2 heterocycles. The SMILES string of the molecule is O=C(CN1CCCC(O)C1)NCc1ccc(N2CCCC2=O)cc1. The van der Waals surface area contributed by atoms with Crippen molar-refractivity contribution in [3.8, 4) is 0 Å². The van der Waals surface area contributed by atoms with Crippen LogP contribution in [0.25, 0.3) is 0 Å². The fraction of sp³-hybridized carbons (Fsp3) is 0.556. The van der Waals surface area contributed by atoms with Gasteiger partial charge in [0.1, 0.15) is 0 Å². The van der Waals surface area contributed by atoms with Gasteiger partial charge in [-0.25, -0.2) is 0 Å². The summed E-state index contributed by atoms with van der Waals surface area (Å²) < 4.78 is 0. The van der Waals surface area contributed by atoms with E-state index >= 15 is 0 Å². The van der Waals surface area contributed by atoms with E-state index in [0.717, 1.165) is 43.6 Å². The molecule has 1 unspecified atom stereocenters. The molecule has 0 aliphatic carbocycles. The van der Waals surface area contributed by atoms with Crippen LogP contribution in [0, 0.1) is 0 Å². The highest BCUT2D eigenvalue weighted by atomic mass is 16.3. The molecule has 1 aromatic carbocycles. The zero-order chi connectivity index (χ0) is 16.9. The Bertz CT molecular complexity index is 588. The summed E-state index contributed by atoms with van der Waals surface area (Å²) in [4.78, 5) is 27.6. The lowest BCUT2D eigenvalue weighted by molar-refractivity contribution is -0.123. The minimum absolute atomic E-state index is 0.0251. The molecule has 1 aromatic rings. The number of rotatable bonds is 5. The maximum absolute atomic E-state index is 12.0. The molecule has 2 saturated heterocycles. The van der Waals surface area contributed by atoms with E-state index < -0.39 is 0 Å². The van der Waals surface area contributed by atoms with Gasteiger partial charge in [0.25, 0.3) is 0 Å². The highest BCUT2D eigenvalue weighted by molar-refractivity contribution is 5.95. The minimum atomic E-state index is -0.313. The van der Waals surface area contributed by atoms with Gasteiger partial charge in [0.15, 0.2) is 0 Å². The number of β-amino-alcohol motifs (C(OH)–C–C–N with tert-alkyl or cyclic N) is 1. The third-order valence-electron chi connectivity index (χ3n) is 4.66. The maximum atomic E-state index is 12.0. The van der Waals surface area contributed by atoms with Crippen molar-refractivity contribution < 1.29 is 14.7 Å². The zero-order valence-corrected chi connectivity index (χ0v) is 13.9. The monoisotopic (exact) mass is 331 g/mol. The smallest absolute Gasteiger partial charge is 0.234 e. The molecule has 0 radical (unpaired) electrons. The summed E-state index contributed by atoms with van der Waals surface area (Å²) in [6, 6.07) is 7.77. The van der Waals surface area contributed by atoms with Crippen molar-refractivity contribution in [1.29, 1.82) is 0 Å². The number of hydrogen-bond acceptors (Lipinski definition) is 4. The number of hydrogen-bond donors (Lipinski definition) is 2. The normalized spacial score (nSPS) is 22.0. The number of benzene rings is 1. The van der Waals surface area contributed by atoms with Gasteiger partial charge in [-0.05, 0) is 43.5 Å². The van der Waals surface area contributed by atoms with Crippen molar-refractivity contribution in [3.05, 3.63) is 29.8 Å². The molecule has 6 nitrogen and oxygen atoms in total. The largest absolute Gasteiger partial charge is 0.392 e. The molecule has 0 spiro atoms. The molecule has 1 atom stereocenters. The molecule has 0 aromatic heterocycles. The Balaban J connectivity index is 1.46. The van der Waals surface area contributed by atoms with E-state index in [9.17, 15) is 14.7 Å². The van der Waals surface area contributed by atoms with E-state index in [-0.39, 0.29) is 17.9 Å². The molecule has 130 valence electrons. The van der Waals surface area contributed by atoms with Crippen LogP contribution in [0.15, 0.2) is 24.3 Å². The first-order valence-corrected chi connectivity index (χ1v) is 8.68. The average molecular weight is 331 g/mol. The quantitative estimate of drug-likeness (QED) is 0.840. The number of piperidine rings is 1. The van der Waals surface area contributed by atoms with Gasteiger partial charge < -0.3 is 15.3 Å². The van der Waals surface area contributed by atoms with Gasteiger partial charge in [0.05, 0.1) is 12.6 Å². The van der Waals surface area contributed by atoms with Crippen LogP contribution >= 0.6 is 0 Å². The van der Waals surface area contributed by atoms with E-state index in [2.05, 4.69) is 5.32 Å². The number of amides is 2. The number of aliphatic hydroxyl groups excluding tert-OH is 1. The number of aliphatic hydroxyl groups is 1. The van der Waals surface area contributed by atoms with Crippen LogP contribution in [0.1, 0.15) is 31.2 Å². The number of likely N-dealkylation sites (tertiary alicyclic amines) is 1. The van der Waals surface area contributed by atoms with Crippen LogP contribution in [0.4, 0.5) is 5.69 Å². The van der Waals surface area contributed by atoms with Crippen molar-refractivity contribution in [2.45, 2.75) is 38.3 Å². The summed E-state index contributed by atoms with van der Waals surface area (Å²) in [7, 11) is 0.